The van der Waals surface area contributed by atoms with Crippen LogP contribution in [0.25, 0.3) is 5.69 Å². The van der Waals surface area contributed by atoms with E-state index in [0.717, 1.165) is 16.3 Å². The number of aromatic nitrogens is 2. The van der Waals surface area contributed by atoms with E-state index < -0.39 is 11.5 Å². The Morgan fingerprint density at radius 2 is 2.00 bits per heavy atom. The zero-order valence-corrected chi connectivity index (χ0v) is 11.2. The quantitative estimate of drug-likeness (QED) is 0.916. The Bertz CT molecular complexity index is 689. The number of carbonyl (C=O) groups is 1. The van der Waals surface area contributed by atoms with Crippen molar-refractivity contribution in [1.82, 2.24) is 9.78 Å². The number of ether oxygens (including phenoxy) is 1. The molecule has 0 unspecified atom stereocenters. The van der Waals surface area contributed by atoms with Crippen LogP contribution in [0.1, 0.15) is 23.0 Å². The standard InChI is InChI=1S/C14H14N2O4/c1-3-20-11-8-12(17)16(15-13(11)14(18)19)10-6-4-9(2)5-7-10/h4-8H,3H2,1-2H3,(H,18,19). The minimum atomic E-state index is -1.24. The van der Waals surface area contributed by atoms with Crippen LogP contribution in [-0.2, 0) is 0 Å². The maximum Gasteiger partial charge on any atom is 0.360 e. The average molecular weight is 274 g/mol. The third-order valence-corrected chi connectivity index (χ3v) is 2.68. The number of aryl methyl sites for hydroxylation is 1. The molecule has 0 aliphatic heterocycles. The second-order valence-electron chi connectivity index (χ2n) is 4.18. The van der Waals surface area contributed by atoms with Crippen molar-refractivity contribution in [2.45, 2.75) is 13.8 Å². The van der Waals surface area contributed by atoms with E-state index >= 15 is 0 Å². The van der Waals surface area contributed by atoms with E-state index in [4.69, 9.17) is 9.84 Å². The maximum atomic E-state index is 12.0. The van der Waals surface area contributed by atoms with Gasteiger partial charge in [0, 0.05) is 0 Å². The molecule has 1 aromatic heterocycles. The molecule has 2 aromatic rings. The molecule has 6 nitrogen and oxygen atoms in total. The summed E-state index contributed by atoms with van der Waals surface area (Å²) in [4.78, 5) is 23.2. The number of hydrogen-bond acceptors (Lipinski definition) is 4. The van der Waals surface area contributed by atoms with Gasteiger partial charge in [-0.1, -0.05) is 17.7 Å². The molecule has 0 aliphatic carbocycles. The second-order valence-corrected chi connectivity index (χ2v) is 4.18. The van der Waals surface area contributed by atoms with Crippen LogP contribution in [0.2, 0.25) is 0 Å². The normalized spacial score (nSPS) is 10.3. The molecule has 0 spiro atoms. The molecule has 0 radical (unpaired) electrons. The molecule has 1 aromatic carbocycles. The molecule has 6 heteroatoms. The Kier molecular flexibility index (Phi) is 3.84. The Labute approximate surface area is 115 Å². The van der Waals surface area contributed by atoms with Crippen molar-refractivity contribution in [3.63, 3.8) is 0 Å². The first-order valence-corrected chi connectivity index (χ1v) is 6.10. The van der Waals surface area contributed by atoms with Gasteiger partial charge in [0.25, 0.3) is 5.56 Å². The van der Waals surface area contributed by atoms with Crippen LogP contribution < -0.4 is 10.3 Å². The lowest BCUT2D eigenvalue weighted by Crippen LogP contribution is -2.24. The Morgan fingerprint density at radius 1 is 1.35 bits per heavy atom. The summed E-state index contributed by atoms with van der Waals surface area (Å²) < 4.78 is 6.18. The molecule has 1 heterocycles. The highest BCUT2D eigenvalue weighted by Gasteiger charge is 2.17. The SMILES string of the molecule is CCOc1cc(=O)n(-c2ccc(C)cc2)nc1C(=O)O. The van der Waals surface area contributed by atoms with Crippen LogP contribution in [0.4, 0.5) is 0 Å². The van der Waals surface area contributed by atoms with Gasteiger partial charge in [0.05, 0.1) is 18.4 Å². The summed E-state index contributed by atoms with van der Waals surface area (Å²) >= 11 is 0. The van der Waals surface area contributed by atoms with Crippen LogP contribution in [0.5, 0.6) is 5.75 Å². The van der Waals surface area contributed by atoms with E-state index in [0.29, 0.717) is 5.69 Å². The number of hydrogen-bond donors (Lipinski definition) is 1. The van der Waals surface area contributed by atoms with Crippen molar-refractivity contribution in [1.29, 1.82) is 0 Å². The molecule has 104 valence electrons. The van der Waals surface area contributed by atoms with Gasteiger partial charge in [-0.15, -0.1) is 0 Å². The van der Waals surface area contributed by atoms with Gasteiger partial charge < -0.3 is 9.84 Å². The molecule has 0 amide bonds. The van der Waals surface area contributed by atoms with Crippen molar-refractivity contribution in [3.8, 4) is 11.4 Å². The van der Waals surface area contributed by atoms with Crippen LogP contribution in [-0.4, -0.2) is 27.5 Å². The molecular formula is C14H14N2O4. The van der Waals surface area contributed by atoms with Gasteiger partial charge in [0.1, 0.15) is 0 Å². The monoisotopic (exact) mass is 274 g/mol. The average Bonchev–Trinajstić information content (AvgIpc) is 2.40. The van der Waals surface area contributed by atoms with Gasteiger partial charge >= 0.3 is 5.97 Å². The molecule has 0 aliphatic rings. The first kappa shape index (κ1) is 13.8. The molecular weight excluding hydrogens is 260 g/mol. The highest BCUT2D eigenvalue weighted by Crippen LogP contribution is 2.15. The summed E-state index contributed by atoms with van der Waals surface area (Å²) in [6.07, 6.45) is 0. The Morgan fingerprint density at radius 3 is 2.55 bits per heavy atom. The lowest BCUT2D eigenvalue weighted by molar-refractivity contribution is 0.0683. The molecule has 0 saturated carbocycles. The predicted molar refractivity (Wildman–Crippen MR) is 72.7 cm³/mol. The largest absolute Gasteiger partial charge is 0.491 e. The van der Waals surface area contributed by atoms with Gasteiger partial charge in [0.15, 0.2) is 5.75 Å². The molecule has 0 atom stereocenters. The summed E-state index contributed by atoms with van der Waals surface area (Å²) in [5.41, 5.74) is 0.812. The van der Waals surface area contributed by atoms with Crippen LogP contribution in [0.15, 0.2) is 35.1 Å². The highest BCUT2D eigenvalue weighted by atomic mass is 16.5. The lowest BCUT2D eigenvalue weighted by atomic mass is 10.2. The van der Waals surface area contributed by atoms with Gasteiger partial charge in [-0.3, -0.25) is 4.79 Å². The van der Waals surface area contributed by atoms with Gasteiger partial charge in [0.2, 0.25) is 5.69 Å². The van der Waals surface area contributed by atoms with Crippen LogP contribution in [0, 0.1) is 6.92 Å². The molecule has 0 bridgehead atoms. The third-order valence-electron chi connectivity index (χ3n) is 2.68. The topological polar surface area (TPSA) is 81.4 Å². The molecule has 1 N–H and O–H groups in total. The fourth-order valence-electron chi connectivity index (χ4n) is 1.72. The number of rotatable bonds is 4. The Hall–Kier alpha value is -2.63. The second kappa shape index (κ2) is 5.56. The van der Waals surface area contributed by atoms with Gasteiger partial charge in [-0.25, -0.2) is 4.79 Å². The van der Waals surface area contributed by atoms with Gasteiger partial charge in [-0.05, 0) is 26.0 Å². The number of carboxylic acid groups (broad SMARTS) is 1. The molecule has 20 heavy (non-hydrogen) atoms. The summed E-state index contributed by atoms with van der Waals surface area (Å²) in [6, 6.07) is 8.19. The molecule has 2 rings (SSSR count). The van der Waals surface area contributed by atoms with E-state index in [1.165, 1.54) is 0 Å². The number of nitrogens with zero attached hydrogens (tertiary/aromatic N) is 2. The van der Waals surface area contributed by atoms with Crippen molar-refractivity contribution in [2.24, 2.45) is 0 Å². The zero-order chi connectivity index (χ0) is 14.7. The van der Waals surface area contributed by atoms with Crippen molar-refractivity contribution < 1.29 is 14.6 Å². The molecule has 0 saturated heterocycles. The summed E-state index contributed by atoms with van der Waals surface area (Å²) in [5, 5.41) is 13.0. The van der Waals surface area contributed by atoms with Crippen molar-refractivity contribution in [3.05, 3.63) is 51.9 Å². The summed E-state index contributed by atoms with van der Waals surface area (Å²) in [7, 11) is 0. The highest BCUT2D eigenvalue weighted by molar-refractivity contribution is 5.88. The molecule has 0 fully saturated rings. The van der Waals surface area contributed by atoms with Crippen molar-refractivity contribution >= 4 is 5.97 Å². The number of aromatic carboxylic acids is 1. The van der Waals surface area contributed by atoms with Crippen LogP contribution in [0.3, 0.4) is 0 Å². The van der Waals surface area contributed by atoms with Crippen molar-refractivity contribution in [2.75, 3.05) is 6.61 Å². The minimum Gasteiger partial charge on any atom is -0.491 e. The van der Waals surface area contributed by atoms with E-state index in [2.05, 4.69) is 5.10 Å². The fourth-order valence-corrected chi connectivity index (χ4v) is 1.72. The van der Waals surface area contributed by atoms with Gasteiger partial charge in [-0.2, -0.15) is 9.78 Å². The third kappa shape index (κ3) is 2.69. The van der Waals surface area contributed by atoms with E-state index in [-0.39, 0.29) is 18.1 Å². The van der Waals surface area contributed by atoms with E-state index in [1.807, 2.05) is 19.1 Å². The predicted octanol–water partition coefficient (Wildman–Crippen LogP) is 1.64. The first-order chi connectivity index (χ1) is 9.52. The first-order valence-electron chi connectivity index (χ1n) is 6.10. The fraction of sp³-hybridized carbons (Fsp3) is 0.214. The van der Waals surface area contributed by atoms with E-state index in [1.54, 1.807) is 19.1 Å². The summed E-state index contributed by atoms with van der Waals surface area (Å²) in [5.74, 6) is -1.26. The zero-order valence-electron chi connectivity index (χ0n) is 11.2. The lowest BCUT2D eigenvalue weighted by Gasteiger charge is -2.09. The minimum absolute atomic E-state index is 0.0200. The summed E-state index contributed by atoms with van der Waals surface area (Å²) in [6.45, 7) is 3.88. The number of carboxylic acids is 1. The van der Waals surface area contributed by atoms with Crippen LogP contribution >= 0.6 is 0 Å². The smallest absolute Gasteiger partial charge is 0.360 e. The maximum absolute atomic E-state index is 12.0. The Balaban J connectivity index is 2.60. The number of benzene rings is 1. The van der Waals surface area contributed by atoms with E-state index in [9.17, 15) is 9.59 Å².